The van der Waals surface area contributed by atoms with E-state index in [0.29, 0.717) is 31.2 Å². The molecule has 2 rings (SSSR count). The van der Waals surface area contributed by atoms with Gasteiger partial charge >= 0.3 is 0 Å². The first-order valence-corrected chi connectivity index (χ1v) is 11.9. The maximum Gasteiger partial charge on any atom is 0.269 e. The number of nitrogens with one attached hydrogen (secondary N) is 1. The van der Waals surface area contributed by atoms with Gasteiger partial charge in [-0.15, -0.1) is 11.8 Å². The van der Waals surface area contributed by atoms with Gasteiger partial charge in [-0.1, -0.05) is 56.3 Å². The fraction of sp³-hybridized carbons (Fsp3) is 0.417. The Kier molecular flexibility index (Phi) is 10.2. The van der Waals surface area contributed by atoms with E-state index in [1.54, 1.807) is 24.0 Å². The van der Waals surface area contributed by atoms with E-state index in [-0.39, 0.29) is 23.3 Å². The first kappa shape index (κ1) is 25.4. The Morgan fingerprint density at radius 3 is 2.28 bits per heavy atom. The SMILES string of the molecule is CC(C)CNC(=O)[C@H](C)N(CCc1ccccc1)C(=O)CSCc1ccc([N+](=O)[O-])cc1. The molecule has 2 aromatic carbocycles. The van der Waals surface area contributed by atoms with Crippen LogP contribution in [0.2, 0.25) is 0 Å². The maximum absolute atomic E-state index is 13.0. The van der Waals surface area contributed by atoms with E-state index in [0.717, 1.165) is 11.1 Å². The summed E-state index contributed by atoms with van der Waals surface area (Å²) >= 11 is 1.43. The predicted octanol–water partition coefficient (Wildman–Crippen LogP) is 4.06. The zero-order chi connectivity index (χ0) is 23.5. The zero-order valence-corrected chi connectivity index (χ0v) is 19.6. The topological polar surface area (TPSA) is 92.6 Å². The van der Waals surface area contributed by atoms with Crippen molar-refractivity contribution in [3.63, 3.8) is 0 Å². The maximum atomic E-state index is 13.0. The van der Waals surface area contributed by atoms with Crippen molar-refractivity contribution in [2.24, 2.45) is 5.92 Å². The molecule has 0 aromatic heterocycles. The van der Waals surface area contributed by atoms with E-state index in [4.69, 9.17) is 0 Å². The van der Waals surface area contributed by atoms with Gasteiger partial charge in [-0.2, -0.15) is 0 Å². The standard InChI is InChI=1S/C24H31N3O4S/c1-18(2)15-25-24(29)19(3)26(14-13-20-7-5-4-6-8-20)23(28)17-32-16-21-9-11-22(12-10-21)27(30)31/h4-12,18-19H,13-17H2,1-3H3,(H,25,29)/t19-/m0/s1. The van der Waals surface area contributed by atoms with Gasteiger partial charge in [0.25, 0.3) is 5.69 Å². The number of rotatable bonds is 12. The second-order valence-electron chi connectivity index (χ2n) is 8.05. The third kappa shape index (κ3) is 8.34. The highest BCUT2D eigenvalue weighted by Crippen LogP contribution is 2.18. The van der Waals surface area contributed by atoms with Crippen LogP contribution in [-0.4, -0.2) is 46.5 Å². The zero-order valence-electron chi connectivity index (χ0n) is 18.8. The van der Waals surface area contributed by atoms with Gasteiger partial charge in [0.05, 0.1) is 10.7 Å². The van der Waals surface area contributed by atoms with Crippen LogP contribution in [0.5, 0.6) is 0 Å². The molecule has 32 heavy (non-hydrogen) atoms. The van der Waals surface area contributed by atoms with Gasteiger partial charge in [-0.05, 0) is 30.4 Å². The van der Waals surface area contributed by atoms with Gasteiger partial charge < -0.3 is 10.2 Å². The lowest BCUT2D eigenvalue weighted by molar-refractivity contribution is -0.384. The number of amides is 2. The van der Waals surface area contributed by atoms with Gasteiger partial charge in [0.2, 0.25) is 11.8 Å². The summed E-state index contributed by atoms with van der Waals surface area (Å²) in [5, 5.41) is 13.7. The molecule has 0 spiro atoms. The van der Waals surface area contributed by atoms with Crippen LogP contribution >= 0.6 is 11.8 Å². The van der Waals surface area contributed by atoms with Crippen LogP contribution in [0.1, 0.15) is 31.9 Å². The summed E-state index contributed by atoms with van der Waals surface area (Å²) in [6, 6.07) is 15.6. The minimum Gasteiger partial charge on any atom is -0.354 e. The number of carbonyl (C=O) groups is 2. The Morgan fingerprint density at radius 1 is 1.03 bits per heavy atom. The number of nitro benzene ring substituents is 1. The van der Waals surface area contributed by atoms with E-state index in [1.165, 1.54) is 23.9 Å². The van der Waals surface area contributed by atoms with Gasteiger partial charge in [0.15, 0.2) is 0 Å². The molecule has 0 bridgehead atoms. The molecule has 1 atom stereocenters. The van der Waals surface area contributed by atoms with Crippen LogP contribution < -0.4 is 5.32 Å². The molecule has 172 valence electrons. The van der Waals surface area contributed by atoms with Crippen LogP contribution in [0.4, 0.5) is 5.69 Å². The minimum absolute atomic E-state index is 0.0446. The second kappa shape index (κ2) is 12.9. The molecule has 8 heteroatoms. The van der Waals surface area contributed by atoms with Gasteiger partial charge in [-0.3, -0.25) is 19.7 Å². The van der Waals surface area contributed by atoms with E-state index >= 15 is 0 Å². The fourth-order valence-corrected chi connectivity index (χ4v) is 3.95. The molecule has 2 aromatic rings. The van der Waals surface area contributed by atoms with E-state index in [2.05, 4.69) is 5.32 Å². The highest BCUT2D eigenvalue weighted by molar-refractivity contribution is 7.99. The number of hydrogen-bond acceptors (Lipinski definition) is 5. The molecule has 1 N–H and O–H groups in total. The van der Waals surface area contributed by atoms with Crippen molar-refractivity contribution in [3.8, 4) is 0 Å². The summed E-state index contributed by atoms with van der Waals surface area (Å²) in [5.41, 5.74) is 2.06. The van der Waals surface area contributed by atoms with E-state index in [1.807, 2.05) is 44.2 Å². The Morgan fingerprint density at radius 2 is 1.69 bits per heavy atom. The first-order valence-electron chi connectivity index (χ1n) is 10.7. The lowest BCUT2D eigenvalue weighted by Gasteiger charge is -2.29. The fourth-order valence-electron chi connectivity index (χ4n) is 3.08. The first-order chi connectivity index (χ1) is 15.3. The van der Waals surface area contributed by atoms with Crippen molar-refractivity contribution in [2.75, 3.05) is 18.8 Å². The molecule has 0 saturated heterocycles. The molecule has 7 nitrogen and oxygen atoms in total. The van der Waals surface area contributed by atoms with Crippen LogP contribution in [-0.2, 0) is 21.8 Å². The number of nitro groups is 1. The van der Waals surface area contributed by atoms with E-state index < -0.39 is 11.0 Å². The average Bonchev–Trinajstić information content (AvgIpc) is 2.78. The average molecular weight is 458 g/mol. The molecule has 0 radical (unpaired) electrons. The van der Waals surface area contributed by atoms with Gasteiger partial charge in [0, 0.05) is 31.0 Å². The summed E-state index contributed by atoms with van der Waals surface area (Å²) in [4.78, 5) is 37.6. The van der Waals surface area contributed by atoms with Crippen molar-refractivity contribution in [1.82, 2.24) is 10.2 Å². The molecule has 0 heterocycles. The number of hydrogen-bond donors (Lipinski definition) is 1. The quantitative estimate of drug-likeness (QED) is 0.383. The largest absolute Gasteiger partial charge is 0.354 e. The van der Waals surface area contributed by atoms with Gasteiger partial charge in [-0.25, -0.2) is 0 Å². The molecule has 0 fully saturated rings. The Balaban J connectivity index is 1.98. The number of carbonyl (C=O) groups excluding carboxylic acids is 2. The minimum atomic E-state index is -0.565. The van der Waals surface area contributed by atoms with Crippen LogP contribution in [0, 0.1) is 16.0 Å². The monoisotopic (exact) mass is 457 g/mol. The number of nitrogens with zero attached hydrogens (tertiary/aromatic N) is 2. The third-order valence-corrected chi connectivity index (χ3v) is 5.97. The molecular formula is C24H31N3O4S. The predicted molar refractivity (Wildman–Crippen MR) is 128 cm³/mol. The molecule has 2 amide bonds. The van der Waals surface area contributed by atoms with Crippen molar-refractivity contribution in [3.05, 3.63) is 75.8 Å². The van der Waals surface area contributed by atoms with E-state index in [9.17, 15) is 19.7 Å². The van der Waals surface area contributed by atoms with Crippen LogP contribution in [0.3, 0.4) is 0 Å². The normalized spacial score (nSPS) is 11.8. The molecular weight excluding hydrogens is 426 g/mol. The van der Waals surface area contributed by atoms with Crippen molar-refractivity contribution in [1.29, 1.82) is 0 Å². The highest BCUT2D eigenvalue weighted by Gasteiger charge is 2.25. The molecule has 0 unspecified atom stereocenters. The smallest absolute Gasteiger partial charge is 0.269 e. The van der Waals surface area contributed by atoms with Crippen molar-refractivity contribution >= 4 is 29.3 Å². The number of thioether (sulfide) groups is 1. The molecule has 0 aliphatic heterocycles. The third-order valence-electron chi connectivity index (χ3n) is 4.98. The highest BCUT2D eigenvalue weighted by atomic mass is 32.2. The van der Waals surface area contributed by atoms with Crippen molar-refractivity contribution in [2.45, 2.75) is 39.0 Å². The summed E-state index contributed by atoms with van der Waals surface area (Å²) < 4.78 is 0. The Hall–Kier alpha value is -2.87. The molecule has 0 aliphatic carbocycles. The second-order valence-corrected chi connectivity index (χ2v) is 9.04. The lowest BCUT2D eigenvalue weighted by Crippen LogP contribution is -2.50. The molecule has 0 saturated carbocycles. The summed E-state index contributed by atoms with van der Waals surface area (Å²) in [5.74, 6) is 0.870. The van der Waals surface area contributed by atoms with Crippen LogP contribution in [0.15, 0.2) is 54.6 Å². The Bertz CT molecular complexity index is 888. The number of non-ortho nitro benzene ring substituents is 1. The summed E-state index contributed by atoms with van der Waals surface area (Å²) in [7, 11) is 0. The van der Waals surface area contributed by atoms with Crippen LogP contribution in [0.25, 0.3) is 0 Å². The number of benzene rings is 2. The van der Waals surface area contributed by atoms with Gasteiger partial charge in [0.1, 0.15) is 6.04 Å². The summed E-state index contributed by atoms with van der Waals surface area (Å²) in [6.07, 6.45) is 0.668. The summed E-state index contributed by atoms with van der Waals surface area (Å²) in [6.45, 7) is 6.84. The van der Waals surface area contributed by atoms with Crippen molar-refractivity contribution < 1.29 is 14.5 Å². The molecule has 0 aliphatic rings. The lowest BCUT2D eigenvalue weighted by atomic mass is 10.1. The Labute approximate surface area is 193 Å².